The molecule has 2 amide bonds. The number of amides is 2. The normalized spacial score (nSPS) is 29.5. The fourth-order valence-electron chi connectivity index (χ4n) is 3.57. The number of ether oxygens (including phenoxy) is 1. The molecule has 6 nitrogen and oxygen atoms in total. The van der Waals surface area contributed by atoms with Crippen molar-refractivity contribution in [1.82, 2.24) is 10.6 Å². The number of thiophene rings is 1. The third-order valence-electron chi connectivity index (χ3n) is 5.06. The van der Waals surface area contributed by atoms with E-state index in [4.69, 9.17) is 9.84 Å². The smallest absolute Gasteiger partial charge is 0.315 e. The van der Waals surface area contributed by atoms with Gasteiger partial charge in [-0.2, -0.15) is 0 Å². The molecule has 132 valence electrons. The van der Waals surface area contributed by atoms with Gasteiger partial charge in [0.1, 0.15) is 5.60 Å². The fourth-order valence-corrected chi connectivity index (χ4v) is 4.55. The Morgan fingerprint density at radius 1 is 1.38 bits per heavy atom. The first-order chi connectivity index (χ1) is 11.5. The van der Waals surface area contributed by atoms with Gasteiger partial charge in [-0.25, -0.2) is 4.79 Å². The van der Waals surface area contributed by atoms with Gasteiger partial charge in [0, 0.05) is 17.3 Å². The molecule has 1 fully saturated rings. The minimum atomic E-state index is -0.730. The minimum absolute atomic E-state index is 0.0531. The van der Waals surface area contributed by atoms with Gasteiger partial charge < -0.3 is 20.5 Å². The van der Waals surface area contributed by atoms with Crippen molar-refractivity contribution >= 4 is 23.3 Å². The second-order valence-corrected chi connectivity index (χ2v) is 7.80. The fraction of sp³-hybridized carbons (Fsp3) is 0.647. The van der Waals surface area contributed by atoms with E-state index < -0.39 is 11.6 Å². The molecule has 0 saturated heterocycles. The average Bonchev–Trinajstić information content (AvgIpc) is 3.04. The summed E-state index contributed by atoms with van der Waals surface area (Å²) in [5.41, 5.74) is 0.687. The van der Waals surface area contributed by atoms with Crippen LogP contribution in [0.3, 0.4) is 0 Å². The van der Waals surface area contributed by atoms with Crippen LogP contribution in [0.2, 0.25) is 0 Å². The van der Waals surface area contributed by atoms with Crippen molar-refractivity contribution in [2.75, 3.05) is 13.2 Å². The van der Waals surface area contributed by atoms with Gasteiger partial charge in [-0.1, -0.05) is 0 Å². The number of carboxylic acid groups (broad SMARTS) is 1. The number of hydrogen-bond donors (Lipinski definition) is 3. The Hall–Kier alpha value is -1.60. The maximum atomic E-state index is 12.2. The summed E-state index contributed by atoms with van der Waals surface area (Å²) in [5.74, 6) is -0.996. The molecule has 0 bridgehead atoms. The Labute approximate surface area is 145 Å². The standard InChI is InChI=1S/C17H24N2O4S/c1-17(13-7-9-24-14(13)6-8-23-17)10-18-16(22)19-12-4-2-11(3-5-12)15(20)21/h7,9,11-12H,2-6,8,10H2,1H3,(H,20,21)(H2,18,19,22). The van der Waals surface area contributed by atoms with E-state index in [0.29, 0.717) is 38.8 Å². The molecule has 0 aromatic carbocycles. The van der Waals surface area contributed by atoms with E-state index in [0.717, 1.165) is 6.42 Å². The summed E-state index contributed by atoms with van der Waals surface area (Å²) in [7, 11) is 0. The van der Waals surface area contributed by atoms with Crippen molar-refractivity contribution in [3.63, 3.8) is 0 Å². The highest BCUT2D eigenvalue weighted by molar-refractivity contribution is 7.10. The average molecular weight is 352 g/mol. The lowest BCUT2D eigenvalue weighted by molar-refractivity contribution is -0.142. The first-order valence-corrected chi connectivity index (χ1v) is 9.34. The molecule has 24 heavy (non-hydrogen) atoms. The largest absolute Gasteiger partial charge is 0.481 e. The van der Waals surface area contributed by atoms with Gasteiger partial charge in [0.15, 0.2) is 0 Å². The van der Waals surface area contributed by atoms with Gasteiger partial charge in [-0.05, 0) is 49.6 Å². The van der Waals surface area contributed by atoms with Crippen molar-refractivity contribution in [1.29, 1.82) is 0 Å². The molecule has 3 N–H and O–H groups in total. The van der Waals surface area contributed by atoms with Crippen LogP contribution in [-0.2, 0) is 21.6 Å². The van der Waals surface area contributed by atoms with Crippen molar-refractivity contribution in [2.24, 2.45) is 5.92 Å². The molecule has 7 heteroatoms. The van der Waals surface area contributed by atoms with Crippen LogP contribution in [0.25, 0.3) is 0 Å². The van der Waals surface area contributed by atoms with Crippen LogP contribution >= 0.6 is 11.3 Å². The number of fused-ring (bicyclic) bond motifs is 1. The lowest BCUT2D eigenvalue weighted by Crippen LogP contribution is -2.49. The Kier molecular flexibility index (Phi) is 5.10. The minimum Gasteiger partial charge on any atom is -0.481 e. The number of urea groups is 1. The van der Waals surface area contributed by atoms with E-state index in [9.17, 15) is 9.59 Å². The summed E-state index contributed by atoms with van der Waals surface area (Å²) in [6.45, 7) is 3.11. The lowest BCUT2D eigenvalue weighted by Gasteiger charge is -2.35. The Morgan fingerprint density at radius 2 is 2.12 bits per heavy atom. The maximum absolute atomic E-state index is 12.2. The highest BCUT2D eigenvalue weighted by Crippen LogP contribution is 2.35. The maximum Gasteiger partial charge on any atom is 0.315 e. The van der Waals surface area contributed by atoms with E-state index in [1.54, 1.807) is 11.3 Å². The number of carboxylic acids is 1. The Morgan fingerprint density at radius 3 is 2.83 bits per heavy atom. The van der Waals surface area contributed by atoms with Gasteiger partial charge in [0.05, 0.1) is 19.1 Å². The molecule has 1 aromatic heterocycles. The molecular formula is C17H24N2O4S. The molecule has 0 radical (unpaired) electrons. The quantitative estimate of drug-likeness (QED) is 0.777. The zero-order valence-electron chi connectivity index (χ0n) is 13.8. The molecular weight excluding hydrogens is 328 g/mol. The Bertz CT molecular complexity index is 609. The van der Waals surface area contributed by atoms with Crippen molar-refractivity contribution < 1.29 is 19.4 Å². The molecule has 1 aliphatic carbocycles. The second kappa shape index (κ2) is 7.11. The van der Waals surface area contributed by atoms with E-state index >= 15 is 0 Å². The number of carbonyl (C=O) groups is 2. The molecule has 1 aliphatic heterocycles. The van der Waals surface area contributed by atoms with Crippen LogP contribution in [-0.4, -0.2) is 36.3 Å². The van der Waals surface area contributed by atoms with Gasteiger partial charge >= 0.3 is 12.0 Å². The van der Waals surface area contributed by atoms with Crippen LogP contribution in [0.4, 0.5) is 4.79 Å². The molecule has 2 heterocycles. The van der Waals surface area contributed by atoms with Crippen LogP contribution in [0.1, 0.15) is 43.0 Å². The van der Waals surface area contributed by atoms with E-state index in [1.807, 2.05) is 6.92 Å². The summed E-state index contributed by atoms with van der Waals surface area (Å²) >= 11 is 1.74. The summed E-state index contributed by atoms with van der Waals surface area (Å²) in [6, 6.07) is 1.92. The molecule has 3 rings (SSSR count). The van der Waals surface area contributed by atoms with E-state index in [-0.39, 0.29) is 18.0 Å². The molecule has 1 unspecified atom stereocenters. The molecule has 1 atom stereocenters. The zero-order chi connectivity index (χ0) is 17.2. The third-order valence-corrected chi connectivity index (χ3v) is 6.04. The van der Waals surface area contributed by atoms with Gasteiger partial charge in [0.2, 0.25) is 0 Å². The van der Waals surface area contributed by atoms with E-state index in [2.05, 4.69) is 22.1 Å². The Balaban J connectivity index is 1.48. The summed E-state index contributed by atoms with van der Waals surface area (Å²) in [5, 5.41) is 17.0. The van der Waals surface area contributed by atoms with Crippen LogP contribution in [0, 0.1) is 5.92 Å². The predicted molar refractivity (Wildman–Crippen MR) is 91.2 cm³/mol. The van der Waals surface area contributed by atoms with E-state index in [1.165, 1.54) is 10.4 Å². The summed E-state index contributed by atoms with van der Waals surface area (Å²) < 4.78 is 5.93. The summed E-state index contributed by atoms with van der Waals surface area (Å²) in [6.07, 6.45) is 3.61. The zero-order valence-corrected chi connectivity index (χ0v) is 14.7. The van der Waals surface area contributed by atoms with Crippen LogP contribution in [0.15, 0.2) is 11.4 Å². The van der Waals surface area contributed by atoms with Gasteiger partial charge in [-0.3, -0.25) is 4.79 Å². The molecule has 1 aromatic rings. The number of hydrogen-bond acceptors (Lipinski definition) is 4. The number of rotatable bonds is 4. The molecule has 1 saturated carbocycles. The van der Waals surface area contributed by atoms with Crippen molar-refractivity contribution in [3.8, 4) is 0 Å². The van der Waals surface area contributed by atoms with Crippen molar-refractivity contribution in [3.05, 3.63) is 21.9 Å². The highest BCUT2D eigenvalue weighted by Gasteiger charge is 2.34. The second-order valence-electron chi connectivity index (χ2n) is 6.80. The van der Waals surface area contributed by atoms with Crippen LogP contribution in [0.5, 0.6) is 0 Å². The predicted octanol–water partition coefficient (Wildman–Crippen LogP) is 2.48. The lowest BCUT2D eigenvalue weighted by atomic mass is 9.86. The number of nitrogens with one attached hydrogen (secondary N) is 2. The first kappa shape index (κ1) is 17.2. The van der Waals surface area contributed by atoms with Gasteiger partial charge in [0.25, 0.3) is 0 Å². The third kappa shape index (κ3) is 3.72. The molecule has 0 spiro atoms. The number of aliphatic carboxylic acids is 1. The SMILES string of the molecule is CC1(CNC(=O)NC2CCC(C(=O)O)CC2)OCCc2sccc21. The van der Waals surface area contributed by atoms with Gasteiger partial charge in [-0.15, -0.1) is 11.3 Å². The van der Waals surface area contributed by atoms with Crippen LogP contribution < -0.4 is 10.6 Å². The monoisotopic (exact) mass is 352 g/mol. The first-order valence-electron chi connectivity index (χ1n) is 8.46. The van der Waals surface area contributed by atoms with Crippen molar-refractivity contribution in [2.45, 2.75) is 50.7 Å². The molecule has 2 aliphatic rings. The topological polar surface area (TPSA) is 87.7 Å². The highest BCUT2D eigenvalue weighted by atomic mass is 32.1. The number of carbonyl (C=O) groups excluding carboxylic acids is 1. The summed E-state index contributed by atoms with van der Waals surface area (Å²) in [4.78, 5) is 24.5.